The predicted molar refractivity (Wildman–Crippen MR) is 105 cm³/mol. The molecule has 2 N–H and O–H groups in total. The monoisotopic (exact) mass is 364 g/mol. The number of hydrogen-bond acceptors (Lipinski definition) is 4. The highest BCUT2D eigenvalue weighted by molar-refractivity contribution is 5.86. The zero-order chi connectivity index (χ0) is 19.4. The van der Waals surface area contributed by atoms with E-state index in [1.807, 2.05) is 26.0 Å². The van der Waals surface area contributed by atoms with Gasteiger partial charge in [0.05, 0.1) is 23.1 Å². The van der Waals surface area contributed by atoms with E-state index >= 15 is 0 Å². The summed E-state index contributed by atoms with van der Waals surface area (Å²) in [6.45, 7) is 4.43. The summed E-state index contributed by atoms with van der Waals surface area (Å²) in [5, 5.41) is 9.37. The number of aliphatic carboxylic acids is 1. The summed E-state index contributed by atoms with van der Waals surface area (Å²) >= 11 is 0. The lowest BCUT2D eigenvalue weighted by molar-refractivity contribution is -0.131. The molecule has 0 aliphatic heterocycles. The summed E-state index contributed by atoms with van der Waals surface area (Å²) in [5.74, 6) is -0.0605. The molecule has 27 heavy (non-hydrogen) atoms. The summed E-state index contributed by atoms with van der Waals surface area (Å²) in [6.07, 6.45) is 3.38. The number of nitrogens with one attached hydrogen (secondary N) is 1. The van der Waals surface area contributed by atoms with Crippen LogP contribution in [0.3, 0.4) is 0 Å². The third kappa shape index (κ3) is 4.06. The maximum Gasteiger partial charge on any atom is 0.328 e. The van der Waals surface area contributed by atoms with Crippen molar-refractivity contribution in [1.82, 2.24) is 9.97 Å². The van der Waals surface area contributed by atoms with Gasteiger partial charge in [0.15, 0.2) is 0 Å². The molecule has 138 valence electrons. The molecular weight excluding hydrogens is 344 g/mol. The van der Waals surface area contributed by atoms with E-state index in [4.69, 9.17) is 9.84 Å². The fourth-order valence-corrected chi connectivity index (χ4v) is 2.77. The van der Waals surface area contributed by atoms with Gasteiger partial charge in [-0.25, -0.2) is 9.78 Å². The van der Waals surface area contributed by atoms with Gasteiger partial charge in [0.2, 0.25) is 0 Å². The lowest BCUT2D eigenvalue weighted by Crippen LogP contribution is -2.11. The van der Waals surface area contributed by atoms with E-state index in [-0.39, 0.29) is 5.56 Å². The molecule has 0 saturated carbocycles. The molecule has 0 fully saturated rings. The first-order chi connectivity index (χ1) is 13.0. The fourth-order valence-electron chi connectivity index (χ4n) is 2.77. The summed E-state index contributed by atoms with van der Waals surface area (Å²) in [7, 11) is 0. The number of carboxylic acids is 1. The quantitative estimate of drug-likeness (QED) is 0.649. The second-order valence-corrected chi connectivity index (χ2v) is 6.16. The topological polar surface area (TPSA) is 92.3 Å². The van der Waals surface area contributed by atoms with Gasteiger partial charge in [-0.15, -0.1) is 0 Å². The molecule has 6 heteroatoms. The first-order valence-electron chi connectivity index (χ1n) is 8.67. The average molecular weight is 364 g/mol. The Kier molecular flexibility index (Phi) is 5.35. The first kappa shape index (κ1) is 18.4. The Morgan fingerprint density at radius 3 is 2.85 bits per heavy atom. The molecule has 2 aromatic carbocycles. The standard InChI is InChI=1S/C21H20N2O4/c1-3-11-27-17-9-7-14(8-10-18(24)25)12-16(17)20-22-19-13(2)5-4-6-15(19)21(26)23-20/h4-10,12H,3,11H2,1-2H3,(H,24,25)(H,22,23,26). The van der Waals surface area contributed by atoms with Gasteiger partial charge in [-0.05, 0) is 48.7 Å². The molecule has 6 nitrogen and oxygen atoms in total. The van der Waals surface area contributed by atoms with Gasteiger partial charge in [0.25, 0.3) is 5.56 Å². The lowest BCUT2D eigenvalue weighted by atomic mass is 10.1. The van der Waals surface area contributed by atoms with Gasteiger partial charge >= 0.3 is 5.97 Å². The normalized spacial score (nSPS) is 11.2. The number of benzene rings is 2. The number of fused-ring (bicyclic) bond motifs is 1. The Morgan fingerprint density at radius 2 is 2.11 bits per heavy atom. The van der Waals surface area contributed by atoms with Crippen LogP contribution >= 0.6 is 0 Å². The molecular formula is C21H20N2O4. The van der Waals surface area contributed by atoms with E-state index in [0.717, 1.165) is 18.1 Å². The van der Waals surface area contributed by atoms with Gasteiger partial charge in [-0.2, -0.15) is 0 Å². The number of aromatic nitrogens is 2. The van der Waals surface area contributed by atoms with Crippen LogP contribution in [0.5, 0.6) is 5.75 Å². The second-order valence-electron chi connectivity index (χ2n) is 6.16. The molecule has 0 unspecified atom stereocenters. The molecule has 0 bridgehead atoms. The maximum atomic E-state index is 12.5. The van der Waals surface area contributed by atoms with Crippen molar-refractivity contribution in [2.75, 3.05) is 6.61 Å². The molecule has 0 atom stereocenters. The minimum absolute atomic E-state index is 0.230. The Bertz CT molecular complexity index is 1080. The number of aryl methyl sites for hydroxylation is 1. The van der Waals surface area contributed by atoms with E-state index < -0.39 is 5.97 Å². The van der Waals surface area contributed by atoms with Gasteiger partial charge in [0, 0.05) is 6.08 Å². The molecule has 0 saturated heterocycles. The summed E-state index contributed by atoms with van der Waals surface area (Å²) < 4.78 is 5.80. The second kappa shape index (κ2) is 7.86. The molecule has 3 aromatic rings. The van der Waals surface area contributed by atoms with Crippen molar-refractivity contribution in [3.8, 4) is 17.1 Å². The molecule has 0 radical (unpaired) electrons. The van der Waals surface area contributed by atoms with Gasteiger partial charge < -0.3 is 14.8 Å². The van der Waals surface area contributed by atoms with E-state index in [1.165, 1.54) is 6.08 Å². The Hall–Kier alpha value is -3.41. The number of H-pyrrole nitrogens is 1. The van der Waals surface area contributed by atoms with Crippen LogP contribution in [0.4, 0.5) is 0 Å². The van der Waals surface area contributed by atoms with Crippen molar-refractivity contribution >= 4 is 22.9 Å². The number of para-hydroxylation sites is 1. The zero-order valence-corrected chi connectivity index (χ0v) is 15.2. The Morgan fingerprint density at radius 1 is 1.30 bits per heavy atom. The molecule has 0 amide bonds. The van der Waals surface area contributed by atoms with Crippen LogP contribution in [0, 0.1) is 6.92 Å². The number of ether oxygens (including phenoxy) is 1. The highest BCUT2D eigenvalue weighted by Gasteiger charge is 2.13. The number of nitrogens with zero attached hydrogens (tertiary/aromatic N) is 1. The van der Waals surface area contributed by atoms with Crippen molar-refractivity contribution < 1.29 is 14.6 Å². The van der Waals surface area contributed by atoms with E-state index in [1.54, 1.807) is 24.3 Å². The predicted octanol–water partition coefficient (Wildman–Crippen LogP) is 3.79. The summed E-state index contributed by atoms with van der Waals surface area (Å²) in [6, 6.07) is 10.7. The minimum Gasteiger partial charge on any atom is -0.493 e. The van der Waals surface area contributed by atoms with Crippen LogP contribution in [0.2, 0.25) is 0 Å². The average Bonchev–Trinajstić information content (AvgIpc) is 2.65. The van der Waals surface area contributed by atoms with Crippen molar-refractivity contribution in [2.24, 2.45) is 0 Å². The molecule has 1 aromatic heterocycles. The molecule has 0 spiro atoms. The molecule has 1 heterocycles. The van der Waals surface area contributed by atoms with Crippen molar-refractivity contribution in [3.05, 3.63) is 64.0 Å². The fraction of sp³-hybridized carbons (Fsp3) is 0.190. The third-order valence-electron chi connectivity index (χ3n) is 4.08. The van der Waals surface area contributed by atoms with Gasteiger partial charge in [0.1, 0.15) is 11.6 Å². The molecule has 3 rings (SSSR count). The van der Waals surface area contributed by atoms with E-state index in [0.29, 0.717) is 40.2 Å². The largest absolute Gasteiger partial charge is 0.493 e. The first-order valence-corrected chi connectivity index (χ1v) is 8.67. The van der Waals surface area contributed by atoms with Crippen molar-refractivity contribution in [1.29, 1.82) is 0 Å². The highest BCUT2D eigenvalue weighted by Crippen LogP contribution is 2.30. The Labute approximate surface area is 156 Å². The van der Waals surface area contributed by atoms with E-state index in [2.05, 4.69) is 9.97 Å². The minimum atomic E-state index is -1.03. The van der Waals surface area contributed by atoms with Crippen LogP contribution in [-0.4, -0.2) is 27.7 Å². The molecule has 0 aliphatic rings. The summed E-state index contributed by atoms with van der Waals surface area (Å²) in [5.41, 5.74) is 2.58. The van der Waals surface area contributed by atoms with Crippen molar-refractivity contribution in [3.63, 3.8) is 0 Å². The van der Waals surface area contributed by atoms with Gasteiger partial charge in [-0.3, -0.25) is 4.79 Å². The lowest BCUT2D eigenvalue weighted by Gasteiger charge is -2.12. The summed E-state index contributed by atoms with van der Waals surface area (Å²) in [4.78, 5) is 30.8. The third-order valence-corrected chi connectivity index (χ3v) is 4.08. The molecule has 0 aliphatic carbocycles. The maximum absolute atomic E-state index is 12.5. The highest BCUT2D eigenvalue weighted by atomic mass is 16.5. The number of carbonyl (C=O) groups is 1. The van der Waals surface area contributed by atoms with Crippen molar-refractivity contribution in [2.45, 2.75) is 20.3 Å². The van der Waals surface area contributed by atoms with Crippen LogP contribution in [0.15, 0.2) is 47.3 Å². The van der Waals surface area contributed by atoms with Crippen LogP contribution in [-0.2, 0) is 4.79 Å². The van der Waals surface area contributed by atoms with Crippen LogP contribution < -0.4 is 10.3 Å². The Balaban J connectivity index is 2.19. The SMILES string of the molecule is CCCOc1ccc(C=CC(=O)O)cc1-c1nc2c(C)cccc2c(=O)[nH]1. The number of carboxylic acid groups (broad SMARTS) is 1. The van der Waals surface area contributed by atoms with Crippen LogP contribution in [0.1, 0.15) is 24.5 Å². The zero-order valence-electron chi connectivity index (χ0n) is 15.2. The number of hydrogen-bond donors (Lipinski definition) is 2. The number of rotatable bonds is 6. The van der Waals surface area contributed by atoms with E-state index in [9.17, 15) is 9.59 Å². The van der Waals surface area contributed by atoms with Gasteiger partial charge in [-0.1, -0.05) is 25.1 Å². The van der Waals surface area contributed by atoms with Crippen LogP contribution in [0.25, 0.3) is 28.4 Å². The smallest absolute Gasteiger partial charge is 0.328 e. The number of aromatic amines is 1.